The number of thiazole rings is 1. The molecule has 1 aromatic rings. The second-order valence-electron chi connectivity index (χ2n) is 6.27. The number of likely N-dealkylation sites (N-methyl/N-ethyl adjacent to an activating group) is 1. The first kappa shape index (κ1) is 16.7. The van der Waals surface area contributed by atoms with Crippen LogP contribution in [-0.4, -0.2) is 37.8 Å². The van der Waals surface area contributed by atoms with Gasteiger partial charge in [-0.3, -0.25) is 0 Å². The molecule has 1 N–H and O–H groups in total. The fourth-order valence-electron chi connectivity index (χ4n) is 2.55. The van der Waals surface area contributed by atoms with Gasteiger partial charge in [0.05, 0.1) is 18.3 Å². The minimum absolute atomic E-state index is 0.488. The summed E-state index contributed by atoms with van der Waals surface area (Å²) in [6.45, 7) is 10.4. The number of hydrogen-bond acceptors (Lipinski definition) is 5. The van der Waals surface area contributed by atoms with Gasteiger partial charge in [-0.2, -0.15) is 0 Å². The number of nitrogens with zero attached hydrogens (tertiary/aromatic N) is 2. The predicted octanol–water partition coefficient (Wildman–Crippen LogP) is 3.07. The summed E-state index contributed by atoms with van der Waals surface area (Å²) in [5.74, 6) is 0.685. The lowest BCUT2D eigenvalue weighted by atomic mass is 10.2. The predicted molar refractivity (Wildman–Crippen MR) is 90.3 cm³/mol. The summed E-state index contributed by atoms with van der Waals surface area (Å²) < 4.78 is 5.50. The Morgan fingerprint density at radius 3 is 2.90 bits per heavy atom. The smallest absolute Gasteiger partial charge is 0.185 e. The fraction of sp³-hybridized carbons (Fsp3) is 0.812. The molecule has 1 atom stereocenters. The minimum Gasteiger partial charge on any atom is -0.379 e. The maximum atomic E-state index is 5.50. The van der Waals surface area contributed by atoms with Crippen molar-refractivity contribution in [2.24, 2.45) is 5.92 Å². The van der Waals surface area contributed by atoms with Gasteiger partial charge in [-0.1, -0.05) is 27.2 Å². The molecule has 1 aliphatic heterocycles. The molecule has 1 aliphatic rings. The minimum atomic E-state index is 0.488. The zero-order chi connectivity index (χ0) is 15.2. The molecule has 1 fully saturated rings. The molecular weight excluding hydrogens is 282 g/mol. The second kappa shape index (κ2) is 8.11. The van der Waals surface area contributed by atoms with Crippen molar-refractivity contribution >= 4 is 16.5 Å². The van der Waals surface area contributed by atoms with Crippen molar-refractivity contribution < 1.29 is 4.74 Å². The lowest BCUT2D eigenvalue weighted by Crippen LogP contribution is -2.31. The summed E-state index contributed by atoms with van der Waals surface area (Å²) in [7, 11) is 2.15. The van der Waals surface area contributed by atoms with Crippen LogP contribution in [0.4, 0.5) is 5.13 Å². The average molecular weight is 311 g/mol. The molecule has 0 amide bonds. The van der Waals surface area contributed by atoms with Crippen LogP contribution in [0.2, 0.25) is 0 Å². The third-order valence-electron chi connectivity index (χ3n) is 3.85. The Morgan fingerprint density at radius 1 is 1.48 bits per heavy atom. The van der Waals surface area contributed by atoms with Gasteiger partial charge in [0, 0.05) is 25.1 Å². The molecule has 0 saturated carbocycles. The van der Waals surface area contributed by atoms with E-state index < -0.39 is 0 Å². The molecule has 0 bridgehead atoms. The number of hydrogen-bond donors (Lipinski definition) is 1. The van der Waals surface area contributed by atoms with Gasteiger partial charge in [0.2, 0.25) is 0 Å². The van der Waals surface area contributed by atoms with E-state index in [9.17, 15) is 0 Å². The molecule has 0 radical (unpaired) electrons. The molecule has 120 valence electrons. The quantitative estimate of drug-likeness (QED) is 0.800. The lowest BCUT2D eigenvalue weighted by Gasteiger charge is -2.21. The Labute approximate surface area is 132 Å². The molecule has 0 aliphatic carbocycles. The van der Waals surface area contributed by atoms with Crippen molar-refractivity contribution in [3.63, 3.8) is 0 Å². The van der Waals surface area contributed by atoms with Gasteiger partial charge in [-0.05, 0) is 25.3 Å². The topological polar surface area (TPSA) is 37.4 Å². The maximum Gasteiger partial charge on any atom is 0.185 e. The number of aryl methyl sites for hydroxylation is 1. The molecule has 5 heteroatoms. The molecule has 1 aromatic heterocycles. The summed E-state index contributed by atoms with van der Waals surface area (Å²) in [5, 5.41) is 4.70. The molecule has 0 aromatic carbocycles. The molecule has 2 rings (SSSR count). The number of ether oxygens (including phenoxy) is 1. The van der Waals surface area contributed by atoms with E-state index in [1.807, 2.05) is 11.3 Å². The number of anilines is 1. The Balaban J connectivity index is 2.04. The summed E-state index contributed by atoms with van der Waals surface area (Å²) in [6, 6.07) is 0.488. The molecule has 0 spiro atoms. The first-order valence-corrected chi connectivity index (χ1v) is 8.93. The second-order valence-corrected chi connectivity index (χ2v) is 7.33. The van der Waals surface area contributed by atoms with Crippen LogP contribution in [0.5, 0.6) is 0 Å². The zero-order valence-electron chi connectivity index (χ0n) is 13.8. The molecule has 1 saturated heterocycles. The number of nitrogens with one attached hydrogen (secondary N) is 1. The Bertz CT molecular complexity index is 427. The lowest BCUT2D eigenvalue weighted by molar-refractivity contribution is 0.193. The van der Waals surface area contributed by atoms with E-state index in [2.05, 4.69) is 38.0 Å². The van der Waals surface area contributed by atoms with Crippen molar-refractivity contribution in [3.05, 3.63) is 10.6 Å². The third kappa shape index (κ3) is 4.66. The highest BCUT2D eigenvalue weighted by atomic mass is 32.1. The largest absolute Gasteiger partial charge is 0.379 e. The van der Waals surface area contributed by atoms with E-state index in [4.69, 9.17) is 9.72 Å². The van der Waals surface area contributed by atoms with Crippen LogP contribution in [0.25, 0.3) is 0 Å². The normalized spacial score (nSPS) is 18.6. The zero-order valence-corrected chi connectivity index (χ0v) is 14.6. The van der Waals surface area contributed by atoms with Crippen LogP contribution < -0.4 is 10.2 Å². The Kier molecular flexibility index (Phi) is 6.45. The first-order chi connectivity index (χ1) is 10.1. The standard InChI is InChI=1S/C16H29N3OS/c1-5-6-14-15(10-17-9-12(2)3)21-16(18-14)19(4)13-7-8-20-11-13/h12-13,17H,5-11H2,1-4H3. The summed E-state index contributed by atoms with van der Waals surface area (Å²) >= 11 is 1.84. The Morgan fingerprint density at radius 2 is 2.29 bits per heavy atom. The van der Waals surface area contributed by atoms with E-state index in [1.54, 1.807) is 0 Å². The number of aromatic nitrogens is 1. The summed E-state index contributed by atoms with van der Waals surface area (Å²) in [4.78, 5) is 8.60. The van der Waals surface area contributed by atoms with Crippen molar-refractivity contribution in [2.45, 2.75) is 52.6 Å². The van der Waals surface area contributed by atoms with Crippen LogP contribution in [0, 0.1) is 5.92 Å². The van der Waals surface area contributed by atoms with Gasteiger partial charge in [0.1, 0.15) is 0 Å². The molecule has 1 unspecified atom stereocenters. The van der Waals surface area contributed by atoms with Gasteiger partial charge in [-0.25, -0.2) is 4.98 Å². The fourth-order valence-corrected chi connectivity index (χ4v) is 3.66. The van der Waals surface area contributed by atoms with E-state index in [0.717, 1.165) is 50.7 Å². The highest BCUT2D eigenvalue weighted by molar-refractivity contribution is 7.15. The van der Waals surface area contributed by atoms with Crippen LogP contribution >= 0.6 is 11.3 Å². The van der Waals surface area contributed by atoms with Crippen molar-refractivity contribution in [1.29, 1.82) is 0 Å². The highest BCUT2D eigenvalue weighted by Crippen LogP contribution is 2.29. The Hall–Kier alpha value is -0.650. The average Bonchev–Trinajstić information content (AvgIpc) is 3.08. The van der Waals surface area contributed by atoms with E-state index in [1.165, 1.54) is 10.6 Å². The van der Waals surface area contributed by atoms with Crippen LogP contribution in [0.15, 0.2) is 0 Å². The van der Waals surface area contributed by atoms with Gasteiger partial charge >= 0.3 is 0 Å². The van der Waals surface area contributed by atoms with Crippen molar-refractivity contribution in [1.82, 2.24) is 10.3 Å². The van der Waals surface area contributed by atoms with Crippen molar-refractivity contribution in [2.75, 3.05) is 31.7 Å². The summed E-state index contributed by atoms with van der Waals surface area (Å²) in [5.41, 5.74) is 1.28. The third-order valence-corrected chi connectivity index (χ3v) is 5.04. The van der Waals surface area contributed by atoms with Gasteiger partial charge < -0.3 is 15.0 Å². The van der Waals surface area contributed by atoms with Crippen LogP contribution in [0.1, 0.15) is 44.2 Å². The van der Waals surface area contributed by atoms with Crippen molar-refractivity contribution in [3.8, 4) is 0 Å². The molecule has 21 heavy (non-hydrogen) atoms. The van der Waals surface area contributed by atoms with Crippen LogP contribution in [0.3, 0.4) is 0 Å². The van der Waals surface area contributed by atoms with Gasteiger partial charge in [0.25, 0.3) is 0 Å². The van der Waals surface area contributed by atoms with Gasteiger partial charge in [0.15, 0.2) is 5.13 Å². The van der Waals surface area contributed by atoms with E-state index >= 15 is 0 Å². The summed E-state index contributed by atoms with van der Waals surface area (Å²) in [6.07, 6.45) is 3.33. The van der Waals surface area contributed by atoms with E-state index in [0.29, 0.717) is 12.0 Å². The SMILES string of the molecule is CCCc1nc(N(C)C2CCOC2)sc1CNCC(C)C. The molecular formula is C16H29N3OS. The maximum absolute atomic E-state index is 5.50. The van der Waals surface area contributed by atoms with E-state index in [-0.39, 0.29) is 0 Å². The monoisotopic (exact) mass is 311 g/mol. The first-order valence-electron chi connectivity index (χ1n) is 8.11. The molecule has 2 heterocycles. The number of rotatable bonds is 8. The van der Waals surface area contributed by atoms with Gasteiger partial charge in [-0.15, -0.1) is 11.3 Å². The highest BCUT2D eigenvalue weighted by Gasteiger charge is 2.23. The van der Waals surface area contributed by atoms with Crippen LogP contribution in [-0.2, 0) is 17.7 Å². The molecule has 4 nitrogen and oxygen atoms in total.